The summed E-state index contributed by atoms with van der Waals surface area (Å²) in [6.07, 6.45) is 2.20. The molecule has 1 rings (SSSR count). The number of hydrogen-bond donors (Lipinski definition) is 2. The summed E-state index contributed by atoms with van der Waals surface area (Å²) in [6, 6.07) is 1.13. The number of hydrogen-bond acceptors (Lipinski definition) is 4. The molecule has 0 aliphatic heterocycles. The smallest absolute Gasteiger partial charge is 0.266 e. The summed E-state index contributed by atoms with van der Waals surface area (Å²) >= 11 is 0. The monoisotopic (exact) mass is 188 g/mol. The lowest BCUT2D eigenvalue weighted by Gasteiger charge is -1.97. The third kappa shape index (κ3) is 1.65. The van der Waals surface area contributed by atoms with Crippen molar-refractivity contribution in [2.75, 3.05) is 12.0 Å². The van der Waals surface area contributed by atoms with Crippen molar-refractivity contribution in [2.24, 2.45) is 0 Å². The summed E-state index contributed by atoms with van der Waals surface area (Å²) in [4.78, 5) is 12.8. The maximum atomic E-state index is 10.9. The third-order valence-corrected chi connectivity index (χ3v) is 2.39. The molecule has 0 atom stereocenters. The topological polar surface area (TPSA) is 93.0 Å². The fraction of sp³-hybridized carbons (Fsp3) is 0.167. The normalized spacial score (nSPS) is 11.4. The summed E-state index contributed by atoms with van der Waals surface area (Å²) in [5.74, 6) is 0. The Balaban J connectivity index is 3.55. The van der Waals surface area contributed by atoms with Gasteiger partial charge in [-0.25, -0.2) is 8.42 Å². The van der Waals surface area contributed by atoms with Crippen LogP contribution in [0.1, 0.15) is 0 Å². The maximum Gasteiger partial charge on any atom is 0.266 e. The van der Waals surface area contributed by atoms with Crippen LogP contribution in [0.3, 0.4) is 0 Å². The summed E-state index contributed by atoms with van der Waals surface area (Å²) in [7, 11) is -3.48. The van der Waals surface area contributed by atoms with Gasteiger partial charge in [0.05, 0.1) is 0 Å². The lowest BCUT2D eigenvalue weighted by atomic mass is 10.4. The Morgan fingerprint density at radius 1 is 1.50 bits per heavy atom. The Bertz CT molecular complexity index is 446. The van der Waals surface area contributed by atoms with Gasteiger partial charge in [0.15, 0.2) is 9.84 Å². The predicted octanol–water partition coefficient (Wildman–Crippen LogP) is -0.639. The molecule has 0 unspecified atom stereocenters. The zero-order chi connectivity index (χ0) is 9.35. The first-order valence-electron chi connectivity index (χ1n) is 3.09. The first-order chi connectivity index (χ1) is 5.41. The van der Waals surface area contributed by atoms with E-state index in [0.717, 1.165) is 12.3 Å². The van der Waals surface area contributed by atoms with Crippen molar-refractivity contribution in [1.29, 1.82) is 0 Å². The van der Waals surface area contributed by atoms with Crippen LogP contribution in [-0.4, -0.2) is 19.7 Å². The molecule has 0 fully saturated rings. The Hall–Kier alpha value is -1.30. The second-order valence-electron chi connectivity index (χ2n) is 2.40. The van der Waals surface area contributed by atoms with Crippen LogP contribution in [0.15, 0.2) is 22.0 Å². The van der Waals surface area contributed by atoms with Crippen molar-refractivity contribution in [1.82, 2.24) is 4.98 Å². The largest absolute Gasteiger partial charge is 0.398 e. The van der Waals surface area contributed by atoms with E-state index in [1.54, 1.807) is 0 Å². The Kier molecular flexibility index (Phi) is 1.93. The summed E-state index contributed by atoms with van der Waals surface area (Å²) in [5, 5.41) is 0. The summed E-state index contributed by atoms with van der Waals surface area (Å²) < 4.78 is 21.9. The highest BCUT2D eigenvalue weighted by Crippen LogP contribution is 2.05. The van der Waals surface area contributed by atoms with Crippen LogP contribution in [0.4, 0.5) is 5.69 Å². The number of aromatic amines is 1. The lowest BCUT2D eigenvalue weighted by molar-refractivity contribution is 0.600. The van der Waals surface area contributed by atoms with E-state index in [0.29, 0.717) is 0 Å². The Morgan fingerprint density at radius 2 is 2.08 bits per heavy atom. The second-order valence-corrected chi connectivity index (χ2v) is 4.38. The second kappa shape index (κ2) is 2.63. The maximum absolute atomic E-state index is 10.9. The number of nitrogens with two attached hydrogens (primary N) is 1. The van der Waals surface area contributed by atoms with Crippen molar-refractivity contribution in [2.45, 2.75) is 4.90 Å². The number of H-pyrrole nitrogens is 1. The molecule has 0 bridgehead atoms. The third-order valence-electron chi connectivity index (χ3n) is 1.29. The van der Waals surface area contributed by atoms with E-state index in [9.17, 15) is 13.2 Å². The van der Waals surface area contributed by atoms with Crippen molar-refractivity contribution >= 4 is 15.5 Å². The van der Waals surface area contributed by atoms with E-state index in [4.69, 9.17) is 5.73 Å². The minimum Gasteiger partial charge on any atom is -0.398 e. The highest BCUT2D eigenvalue weighted by Gasteiger charge is 2.11. The molecule has 1 heterocycles. The Morgan fingerprint density at radius 3 is 2.50 bits per heavy atom. The molecule has 1 aromatic rings. The summed E-state index contributed by atoms with van der Waals surface area (Å²) in [5.41, 5.74) is 4.86. The van der Waals surface area contributed by atoms with Crippen LogP contribution >= 0.6 is 0 Å². The standard InChI is InChI=1S/C6H8N2O3S/c1-12(10,11)5-2-4(7)3-8-6(5)9/h2-3H,7H2,1H3,(H,8,9). The van der Waals surface area contributed by atoms with E-state index in [1.165, 1.54) is 6.20 Å². The van der Waals surface area contributed by atoms with E-state index in [-0.39, 0.29) is 10.6 Å². The molecule has 5 nitrogen and oxygen atoms in total. The Labute approximate surface area is 69.1 Å². The van der Waals surface area contributed by atoms with Gasteiger partial charge in [-0.05, 0) is 6.07 Å². The molecule has 6 heteroatoms. The number of nitrogen functional groups attached to an aromatic ring is 1. The molecule has 0 aliphatic rings. The number of pyridine rings is 1. The van der Waals surface area contributed by atoms with Crippen LogP contribution in [-0.2, 0) is 9.84 Å². The molecule has 0 amide bonds. The molecule has 0 saturated carbocycles. The SMILES string of the molecule is CS(=O)(=O)c1cc(N)c[nH]c1=O. The number of anilines is 1. The molecule has 0 radical (unpaired) electrons. The average Bonchev–Trinajstić information content (AvgIpc) is 1.92. The van der Waals surface area contributed by atoms with Crippen LogP contribution in [0.2, 0.25) is 0 Å². The van der Waals surface area contributed by atoms with Crippen LogP contribution < -0.4 is 11.3 Å². The van der Waals surface area contributed by atoms with Gasteiger partial charge in [-0.1, -0.05) is 0 Å². The van der Waals surface area contributed by atoms with Gasteiger partial charge < -0.3 is 10.7 Å². The predicted molar refractivity (Wildman–Crippen MR) is 44.6 cm³/mol. The van der Waals surface area contributed by atoms with Gasteiger partial charge in [0.1, 0.15) is 4.90 Å². The minimum atomic E-state index is -3.48. The van der Waals surface area contributed by atoms with Crippen molar-refractivity contribution < 1.29 is 8.42 Å². The molecule has 0 aliphatic carbocycles. The molecular formula is C6H8N2O3S. The van der Waals surface area contributed by atoms with Gasteiger partial charge >= 0.3 is 0 Å². The van der Waals surface area contributed by atoms with Crippen molar-refractivity contribution in [3.8, 4) is 0 Å². The highest BCUT2D eigenvalue weighted by molar-refractivity contribution is 7.90. The molecule has 0 spiro atoms. The van der Waals surface area contributed by atoms with Gasteiger partial charge in [-0.2, -0.15) is 0 Å². The average molecular weight is 188 g/mol. The first kappa shape index (κ1) is 8.79. The van der Waals surface area contributed by atoms with Crippen molar-refractivity contribution in [3.63, 3.8) is 0 Å². The number of aromatic nitrogens is 1. The molecule has 0 aromatic carbocycles. The first-order valence-corrected chi connectivity index (χ1v) is 4.98. The fourth-order valence-electron chi connectivity index (χ4n) is 0.754. The van der Waals surface area contributed by atoms with Gasteiger partial charge in [0.2, 0.25) is 0 Å². The van der Waals surface area contributed by atoms with Crippen LogP contribution in [0.25, 0.3) is 0 Å². The fourth-order valence-corrected chi connectivity index (χ4v) is 1.50. The van der Waals surface area contributed by atoms with Crippen LogP contribution in [0.5, 0.6) is 0 Å². The van der Waals surface area contributed by atoms with E-state index in [2.05, 4.69) is 4.98 Å². The molecule has 0 saturated heterocycles. The van der Waals surface area contributed by atoms with Gasteiger partial charge in [0.25, 0.3) is 5.56 Å². The van der Waals surface area contributed by atoms with Gasteiger partial charge in [-0.15, -0.1) is 0 Å². The van der Waals surface area contributed by atoms with Crippen LogP contribution in [0, 0.1) is 0 Å². The zero-order valence-electron chi connectivity index (χ0n) is 6.37. The van der Waals surface area contributed by atoms with Crippen molar-refractivity contribution in [3.05, 3.63) is 22.6 Å². The van der Waals surface area contributed by atoms with Gasteiger partial charge in [-0.3, -0.25) is 4.79 Å². The molecule has 66 valence electrons. The summed E-state index contributed by atoms with van der Waals surface area (Å²) in [6.45, 7) is 0. The highest BCUT2D eigenvalue weighted by atomic mass is 32.2. The number of nitrogens with one attached hydrogen (secondary N) is 1. The van der Waals surface area contributed by atoms with E-state index < -0.39 is 15.4 Å². The molecular weight excluding hydrogens is 180 g/mol. The molecule has 12 heavy (non-hydrogen) atoms. The molecule has 1 aromatic heterocycles. The van der Waals surface area contributed by atoms with E-state index in [1.807, 2.05) is 0 Å². The number of rotatable bonds is 1. The molecule has 3 N–H and O–H groups in total. The zero-order valence-corrected chi connectivity index (χ0v) is 7.18. The van der Waals surface area contributed by atoms with Gasteiger partial charge in [0, 0.05) is 18.1 Å². The van der Waals surface area contributed by atoms with E-state index >= 15 is 0 Å². The quantitative estimate of drug-likeness (QED) is 0.613. The minimum absolute atomic E-state index is 0.218. The lowest BCUT2D eigenvalue weighted by Crippen LogP contribution is -2.16. The number of sulfone groups is 1.